The van der Waals surface area contributed by atoms with Crippen LogP contribution in [0.4, 0.5) is 8.78 Å². The van der Waals surface area contributed by atoms with Crippen molar-refractivity contribution in [3.63, 3.8) is 0 Å². The van der Waals surface area contributed by atoms with Crippen LogP contribution in [0, 0.1) is 5.92 Å². The van der Waals surface area contributed by atoms with Gasteiger partial charge >= 0.3 is 0 Å². The molecule has 5 atom stereocenters. The Morgan fingerprint density at radius 2 is 2.20 bits per heavy atom. The summed E-state index contributed by atoms with van der Waals surface area (Å²) in [5.41, 5.74) is -0.668. The SMILES string of the molecule is CON(C)C1=NC2C(OC(C(C)(F)F)C(O)C2CO)S1. The number of hydroxylamine groups is 2. The van der Waals surface area contributed by atoms with Gasteiger partial charge in [-0.2, -0.15) is 0 Å². The maximum absolute atomic E-state index is 13.5. The quantitative estimate of drug-likeness (QED) is 0.730. The van der Waals surface area contributed by atoms with Crippen molar-refractivity contribution in [2.24, 2.45) is 10.9 Å². The Labute approximate surface area is 119 Å². The maximum atomic E-state index is 13.5. The molecular weight excluding hydrogens is 294 g/mol. The van der Waals surface area contributed by atoms with Crippen molar-refractivity contribution in [2.75, 3.05) is 20.8 Å². The zero-order chi connectivity index (χ0) is 15.1. The van der Waals surface area contributed by atoms with Gasteiger partial charge in [0.25, 0.3) is 5.92 Å². The molecule has 2 rings (SSSR count). The molecule has 2 aliphatic rings. The molecule has 2 N–H and O–H groups in total. The molecule has 1 saturated heterocycles. The molecule has 2 aliphatic heterocycles. The summed E-state index contributed by atoms with van der Waals surface area (Å²) in [6.45, 7) is 0.255. The van der Waals surface area contributed by atoms with Crippen LogP contribution >= 0.6 is 11.8 Å². The summed E-state index contributed by atoms with van der Waals surface area (Å²) < 4.78 is 32.3. The fraction of sp³-hybridized carbons (Fsp3) is 0.909. The van der Waals surface area contributed by atoms with E-state index in [0.717, 1.165) is 11.8 Å². The number of aliphatic imine (C=N–C) groups is 1. The Morgan fingerprint density at radius 3 is 2.70 bits per heavy atom. The third-order valence-electron chi connectivity index (χ3n) is 3.48. The van der Waals surface area contributed by atoms with Crippen molar-refractivity contribution < 1.29 is 28.6 Å². The van der Waals surface area contributed by atoms with Gasteiger partial charge in [-0.3, -0.25) is 9.83 Å². The van der Waals surface area contributed by atoms with Gasteiger partial charge in [0.2, 0.25) is 0 Å². The lowest BCUT2D eigenvalue weighted by molar-refractivity contribution is -0.217. The summed E-state index contributed by atoms with van der Waals surface area (Å²) in [4.78, 5) is 9.27. The topological polar surface area (TPSA) is 74.5 Å². The molecular formula is C11H18F2N2O4S. The van der Waals surface area contributed by atoms with Gasteiger partial charge < -0.3 is 14.9 Å². The minimum Gasteiger partial charge on any atom is -0.396 e. The molecule has 0 saturated carbocycles. The highest BCUT2D eigenvalue weighted by atomic mass is 32.2. The molecule has 0 aliphatic carbocycles. The highest BCUT2D eigenvalue weighted by molar-refractivity contribution is 8.14. The number of amidine groups is 1. The summed E-state index contributed by atoms with van der Waals surface area (Å²) >= 11 is 1.14. The fourth-order valence-electron chi connectivity index (χ4n) is 2.32. The van der Waals surface area contributed by atoms with Crippen LogP contribution in [0.3, 0.4) is 0 Å². The number of thioether (sulfide) groups is 1. The molecule has 0 radical (unpaired) electrons. The van der Waals surface area contributed by atoms with Crippen LogP contribution in [0.25, 0.3) is 0 Å². The van der Waals surface area contributed by atoms with E-state index < -0.39 is 42.1 Å². The number of fused-ring (bicyclic) bond motifs is 1. The number of nitrogens with zero attached hydrogens (tertiary/aromatic N) is 2. The van der Waals surface area contributed by atoms with Crippen LogP contribution in [0.1, 0.15) is 6.92 Å². The number of hydrogen-bond donors (Lipinski definition) is 2. The van der Waals surface area contributed by atoms with Crippen LogP contribution < -0.4 is 0 Å². The number of alkyl halides is 2. The Hall–Kier alpha value is -0.480. The lowest BCUT2D eigenvalue weighted by atomic mass is 9.87. The standard InChI is InChI=1S/C11H18F2N2O4S/c1-11(12,13)8-7(17)5(4-16)6-9(19-8)20-10(14-6)15(2)18-3/h5-9,16-17H,4H2,1-3H3. The van der Waals surface area contributed by atoms with Crippen molar-refractivity contribution in [2.45, 2.75) is 36.5 Å². The largest absolute Gasteiger partial charge is 0.396 e. The lowest BCUT2D eigenvalue weighted by Gasteiger charge is -2.42. The van der Waals surface area contributed by atoms with E-state index in [0.29, 0.717) is 12.1 Å². The van der Waals surface area contributed by atoms with E-state index in [1.165, 1.54) is 12.2 Å². The summed E-state index contributed by atoms with van der Waals surface area (Å²) in [6.07, 6.45) is -3.13. The molecule has 116 valence electrons. The molecule has 20 heavy (non-hydrogen) atoms. The lowest BCUT2D eigenvalue weighted by Crippen LogP contribution is -2.57. The van der Waals surface area contributed by atoms with Gasteiger partial charge in [-0.25, -0.2) is 13.8 Å². The number of aliphatic hydroxyl groups is 2. The van der Waals surface area contributed by atoms with Crippen LogP contribution in [0.2, 0.25) is 0 Å². The van der Waals surface area contributed by atoms with Gasteiger partial charge in [-0.1, -0.05) is 11.8 Å². The molecule has 9 heteroatoms. The van der Waals surface area contributed by atoms with Crippen molar-refractivity contribution in [1.82, 2.24) is 5.06 Å². The Morgan fingerprint density at radius 1 is 1.55 bits per heavy atom. The molecule has 0 aromatic rings. The molecule has 0 bridgehead atoms. The minimum absolute atomic E-state index is 0.438. The highest BCUT2D eigenvalue weighted by Crippen LogP contribution is 2.43. The second-order valence-electron chi connectivity index (χ2n) is 4.92. The van der Waals surface area contributed by atoms with E-state index in [9.17, 15) is 19.0 Å². The van der Waals surface area contributed by atoms with E-state index in [4.69, 9.17) is 9.57 Å². The zero-order valence-corrected chi connectivity index (χ0v) is 12.2. The van der Waals surface area contributed by atoms with Crippen LogP contribution in [-0.4, -0.2) is 70.8 Å². The molecule has 0 aromatic carbocycles. The molecule has 2 heterocycles. The molecule has 0 spiro atoms. The van der Waals surface area contributed by atoms with Gasteiger partial charge in [-0.05, 0) is 0 Å². The normalized spacial score (nSPS) is 37.5. The summed E-state index contributed by atoms with van der Waals surface area (Å²) in [5, 5.41) is 21.2. The predicted molar refractivity (Wildman–Crippen MR) is 69.5 cm³/mol. The number of rotatable bonds is 3. The molecule has 6 nitrogen and oxygen atoms in total. The van der Waals surface area contributed by atoms with Crippen LogP contribution in [0.15, 0.2) is 4.99 Å². The first-order valence-electron chi connectivity index (χ1n) is 6.14. The molecule has 0 amide bonds. The minimum atomic E-state index is -3.20. The number of ether oxygens (including phenoxy) is 1. The second-order valence-corrected chi connectivity index (χ2v) is 5.98. The van der Waals surface area contributed by atoms with Crippen LogP contribution in [-0.2, 0) is 9.57 Å². The summed E-state index contributed by atoms with van der Waals surface area (Å²) in [5.74, 6) is -3.99. The van der Waals surface area contributed by atoms with Crippen molar-refractivity contribution >= 4 is 16.9 Å². The number of hydrogen-bond acceptors (Lipinski definition) is 7. The first-order valence-corrected chi connectivity index (χ1v) is 7.02. The maximum Gasteiger partial charge on any atom is 0.273 e. The molecule has 1 fully saturated rings. The van der Waals surface area contributed by atoms with Gasteiger partial charge in [0, 0.05) is 19.9 Å². The van der Waals surface area contributed by atoms with E-state index in [-0.39, 0.29) is 0 Å². The zero-order valence-electron chi connectivity index (χ0n) is 11.4. The highest BCUT2D eigenvalue weighted by Gasteiger charge is 2.55. The Bertz CT molecular complexity index is 393. The van der Waals surface area contributed by atoms with E-state index in [1.807, 2.05) is 0 Å². The number of halogens is 2. The van der Waals surface area contributed by atoms with Crippen molar-refractivity contribution in [3.05, 3.63) is 0 Å². The third-order valence-corrected chi connectivity index (χ3v) is 4.68. The molecule has 5 unspecified atom stereocenters. The summed E-state index contributed by atoms with van der Waals surface area (Å²) in [6, 6.07) is -0.578. The number of aliphatic hydroxyl groups excluding tert-OH is 2. The van der Waals surface area contributed by atoms with E-state index >= 15 is 0 Å². The average molecular weight is 312 g/mol. The Balaban J connectivity index is 2.22. The van der Waals surface area contributed by atoms with Gasteiger partial charge in [-0.15, -0.1) is 0 Å². The first-order chi connectivity index (χ1) is 9.29. The summed E-state index contributed by atoms with van der Waals surface area (Å²) in [7, 11) is 3.08. The monoisotopic (exact) mass is 312 g/mol. The predicted octanol–water partition coefficient (Wildman–Crippen LogP) is 0.301. The molecule has 0 aromatic heterocycles. The van der Waals surface area contributed by atoms with E-state index in [1.54, 1.807) is 7.05 Å². The smallest absolute Gasteiger partial charge is 0.273 e. The fourth-order valence-corrected chi connectivity index (χ4v) is 3.51. The third kappa shape index (κ3) is 2.77. The van der Waals surface area contributed by atoms with Crippen LogP contribution in [0.5, 0.6) is 0 Å². The van der Waals surface area contributed by atoms with Crippen molar-refractivity contribution in [3.8, 4) is 0 Å². The Kier molecular flexibility index (Phi) is 4.55. The first kappa shape index (κ1) is 15.9. The van der Waals surface area contributed by atoms with Gasteiger partial charge in [0.1, 0.15) is 11.5 Å². The second kappa shape index (κ2) is 5.72. The van der Waals surface area contributed by atoms with E-state index in [2.05, 4.69) is 4.99 Å². The van der Waals surface area contributed by atoms with Gasteiger partial charge in [0.05, 0.1) is 25.9 Å². The van der Waals surface area contributed by atoms with Gasteiger partial charge in [0.15, 0.2) is 5.17 Å². The average Bonchev–Trinajstić information content (AvgIpc) is 2.79. The van der Waals surface area contributed by atoms with Crippen molar-refractivity contribution in [1.29, 1.82) is 0 Å².